The number of carbonyl (C=O) groups is 1. The minimum absolute atomic E-state index is 0.0554. The van der Waals surface area contributed by atoms with Gasteiger partial charge in [0, 0.05) is 50.3 Å². The van der Waals surface area contributed by atoms with Crippen LogP contribution in [0.25, 0.3) is 0 Å². The summed E-state index contributed by atoms with van der Waals surface area (Å²) in [5, 5.41) is 11.2. The largest absolute Gasteiger partial charge is 0.368 e. The van der Waals surface area contributed by atoms with Crippen molar-refractivity contribution in [1.29, 1.82) is 0 Å². The molecule has 25 heavy (non-hydrogen) atoms. The van der Waals surface area contributed by atoms with Crippen molar-refractivity contribution in [2.45, 2.75) is 32.9 Å². The lowest BCUT2D eigenvalue weighted by molar-refractivity contribution is 0.190. The van der Waals surface area contributed by atoms with Gasteiger partial charge in [-0.2, -0.15) is 0 Å². The van der Waals surface area contributed by atoms with E-state index in [1.54, 1.807) is 18.7 Å². The highest BCUT2D eigenvalue weighted by Gasteiger charge is 2.24. The number of nitrogens with zero attached hydrogens (tertiary/aromatic N) is 6. The van der Waals surface area contributed by atoms with Crippen molar-refractivity contribution in [3.63, 3.8) is 0 Å². The number of nitrogens with one attached hydrogen (secondary N) is 1. The van der Waals surface area contributed by atoms with E-state index >= 15 is 0 Å². The lowest BCUT2D eigenvalue weighted by Crippen LogP contribution is -2.52. The number of amides is 2. The predicted molar refractivity (Wildman–Crippen MR) is 95.4 cm³/mol. The third-order valence-electron chi connectivity index (χ3n) is 4.48. The molecule has 134 valence electrons. The van der Waals surface area contributed by atoms with E-state index in [0.717, 1.165) is 24.6 Å². The van der Waals surface area contributed by atoms with E-state index in [4.69, 9.17) is 0 Å². The number of anilines is 1. The van der Waals surface area contributed by atoms with Gasteiger partial charge in [0.15, 0.2) is 5.82 Å². The Kier molecular flexibility index (Phi) is 5.16. The summed E-state index contributed by atoms with van der Waals surface area (Å²) in [5.74, 6) is 0.777. The minimum atomic E-state index is -0.185. The van der Waals surface area contributed by atoms with E-state index in [2.05, 4.69) is 39.2 Å². The lowest BCUT2D eigenvalue weighted by atomic mass is 10.2. The van der Waals surface area contributed by atoms with Crippen molar-refractivity contribution in [1.82, 2.24) is 30.0 Å². The third kappa shape index (κ3) is 3.89. The average Bonchev–Trinajstić information content (AvgIpc) is 3.13. The van der Waals surface area contributed by atoms with Crippen LogP contribution < -0.4 is 10.2 Å². The molecule has 0 bridgehead atoms. The van der Waals surface area contributed by atoms with Crippen LogP contribution in [0.5, 0.6) is 0 Å². The standard InChI is InChI=1S/C17H25N7O/c1-13(2)24-12-19-21-16(24)14(3)20-17(25)23-10-8-22(9-11-23)15-4-6-18-7-5-15/h4-7,12-14H,8-11H2,1-3H3,(H,20,25)/t14-/m0/s1. The number of pyridine rings is 1. The Hall–Kier alpha value is -2.64. The van der Waals surface area contributed by atoms with Crippen molar-refractivity contribution in [2.75, 3.05) is 31.1 Å². The maximum Gasteiger partial charge on any atom is 0.318 e. The summed E-state index contributed by atoms with van der Waals surface area (Å²) in [5.41, 5.74) is 1.15. The number of rotatable bonds is 4. The molecule has 1 fully saturated rings. The number of urea groups is 1. The summed E-state index contributed by atoms with van der Waals surface area (Å²) >= 11 is 0. The van der Waals surface area contributed by atoms with Crippen LogP contribution in [0.3, 0.4) is 0 Å². The van der Waals surface area contributed by atoms with E-state index in [-0.39, 0.29) is 18.1 Å². The van der Waals surface area contributed by atoms with E-state index in [1.165, 1.54) is 0 Å². The molecule has 8 nitrogen and oxygen atoms in total. The van der Waals surface area contributed by atoms with Crippen LogP contribution in [0.2, 0.25) is 0 Å². The Balaban J connectivity index is 1.55. The van der Waals surface area contributed by atoms with Gasteiger partial charge in [-0.3, -0.25) is 4.98 Å². The van der Waals surface area contributed by atoms with Gasteiger partial charge in [-0.1, -0.05) is 0 Å². The van der Waals surface area contributed by atoms with Gasteiger partial charge in [0.2, 0.25) is 0 Å². The molecule has 1 aliphatic heterocycles. The fourth-order valence-electron chi connectivity index (χ4n) is 3.02. The van der Waals surface area contributed by atoms with Gasteiger partial charge in [0.25, 0.3) is 0 Å². The molecule has 0 saturated carbocycles. The summed E-state index contributed by atoms with van der Waals surface area (Å²) in [6.45, 7) is 9.09. The van der Waals surface area contributed by atoms with Gasteiger partial charge in [-0.05, 0) is 32.9 Å². The van der Waals surface area contributed by atoms with Crippen LogP contribution in [0.4, 0.5) is 10.5 Å². The first kappa shape index (κ1) is 17.2. The summed E-state index contributed by atoms with van der Waals surface area (Å²) < 4.78 is 1.98. The molecule has 1 N–H and O–H groups in total. The lowest BCUT2D eigenvalue weighted by Gasteiger charge is -2.36. The Morgan fingerprint density at radius 1 is 1.12 bits per heavy atom. The molecule has 0 unspecified atom stereocenters. The topological polar surface area (TPSA) is 79.2 Å². The zero-order valence-electron chi connectivity index (χ0n) is 15.0. The van der Waals surface area contributed by atoms with Gasteiger partial charge in [-0.25, -0.2) is 4.79 Å². The smallest absolute Gasteiger partial charge is 0.318 e. The maximum absolute atomic E-state index is 12.6. The molecule has 1 aliphatic rings. The second kappa shape index (κ2) is 7.50. The summed E-state index contributed by atoms with van der Waals surface area (Å²) in [6, 6.07) is 4.01. The van der Waals surface area contributed by atoms with Crippen molar-refractivity contribution < 1.29 is 4.79 Å². The molecule has 0 aromatic carbocycles. The third-order valence-corrected chi connectivity index (χ3v) is 4.48. The van der Waals surface area contributed by atoms with Gasteiger partial charge in [-0.15, -0.1) is 10.2 Å². The van der Waals surface area contributed by atoms with Crippen LogP contribution in [0.1, 0.15) is 38.7 Å². The Bertz CT molecular complexity index is 692. The molecular weight excluding hydrogens is 318 g/mol. The van der Waals surface area contributed by atoms with Gasteiger partial charge < -0.3 is 19.7 Å². The maximum atomic E-state index is 12.6. The van der Waals surface area contributed by atoms with Crippen molar-refractivity contribution in [2.24, 2.45) is 0 Å². The quantitative estimate of drug-likeness (QED) is 0.916. The second-order valence-corrected chi connectivity index (χ2v) is 6.54. The van der Waals surface area contributed by atoms with E-state index in [1.807, 2.05) is 28.5 Å². The molecule has 3 heterocycles. The molecule has 1 saturated heterocycles. The molecule has 8 heteroatoms. The van der Waals surface area contributed by atoms with E-state index in [9.17, 15) is 4.79 Å². The van der Waals surface area contributed by atoms with Crippen LogP contribution >= 0.6 is 0 Å². The number of carbonyl (C=O) groups excluding carboxylic acids is 1. The number of hydrogen-bond acceptors (Lipinski definition) is 5. The molecule has 2 aromatic heterocycles. The van der Waals surface area contributed by atoms with E-state index in [0.29, 0.717) is 13.1 Å². The number of hydrogen-bond donors (Lipinski definition) is 1. The van der Waals surface area contributed by atoms with Crippen molar-refractivity contribution in [3.05, 3.63) is 36.7 Å². The van der Waals surface area contributed by atoms with E-state index < -0.39 is 0 Å². The SMILES string of the molecule is CC(C)n1cnnc1[C@H](C)NC(=O)N1CCN(c2ccncc2)CC1. The highest BCUT2D eigenvalue weighted by atomic mass is 16.2. The van der Waals surface area contributed by atoms with Crippen LogP contribution in [-0.2, 0) is 0 Å². The summed E-state index contributed by atoms with van der Waals surface area (Å²) in [7, 11) is 0. The molecule has 3 rings (SSSR count). The first-order chi connectivity index (χ1) is 12.1. The normalized spacial score (nSPS) is 16.2. The van der Waals surface area contributed by atoms with Gasteiger partial charge >= 0.3 is 6.03 Å². The predicted octanol–water partition coefficient (Wildman–Crippen LogP) is 1.85. The van der Waals surface area contributed by atoms with Crippen LogP contribution in [0.15, 0.2) is 30.9 Å². The molecule has 2 aromatic rings. The first-order valence-electron chi connectivity index (χ1n) is 8.66. The Morgan fingerprint density at radius 3 is 2.44 bits per heavy atom. The second-order valence-electron chi connectivity index (χ2n) is 6.54. The molecule has 0 radical (unpaired) electrons. The van der Waals surface area contributed by atoms with Crippen molar-refractivity contribution in [3.8, 4) is 0 Å². The van der Waals surface area contributed by atoms with Gasteiger partial charge in [0.1, 0.15) is 6.33 Å². The molecule has 0 spiro atoms. The monoisotopic (exact) mass is 343 g/mol. The summed E-state index contributed by atoms with van der Waals surface area (Å²) in [6.07, 6.45) is 5.29. The fraction of sp³-hybridized carbons (Fsp3) is 0.529. The van der Waals surface area contributed by atoms with Crippen LogP contribution in [0, 0.1) is 0 Å². The van der Waals surface area contributed by atoms with Gasteiger partial charge in [0.05, 0.1) is 6.04 Å². The first-order valence-corrected chi connectivity index (χ1v) is 8.66. The summed E-state index contributed by atoms with van der Waals surface area (Å²) in [4.78, 5) is 20.7. The highest BCUT2D eigenvalue weighted by Crippen LogP contribution is 2.17. The zero-order valence-corrected chi connectivity index (χ0v) is 15.0. The molecular formula is C17H25N7O. The Morgan fingerprint density at radius 2 is 1.80 bits per heavy atom. The zero-order chi connectivity index (χ0) is 17.8. The molecule has 2 amide bonds. The average molecular weight is 343 g/mol. The Labute approximate surface area is 147 Å². The minimum Gasteiger partial charge on any atom is -0.368 e. The van der Waals surface area contributed by atoms with Crippen molar-refractivity contribution >= 4 is 11.7 Å². The van der Waals surface area contributed by atoms with Crippen LogP contribution in [-0.4, -0.2) is 56.9 Å². The number of aromatic nitrogens is 4. The molecule has 1 atom stereocenters. The highest BCUT2D eigenvalue weighted by molar-refractivity contribution is 5.75. The molecule has 0 aliphatic carbocycles. The number of piperazine rings is 1. The fourth-order valence-corrected chi connectivity index (χ4v) is 3.02.